The Labute approximate surface area is 90.4 Å². The van der Waals surface area contributed by atoms with Crippen LogP contribution in [0.1, 0.15) is 19.4 Å². The van der Waals surface area contributed by atoms with Crippen molar-refractivity contribution in [1.82, 2.24) is 4.72 Å². The van der Waals surface area contributed by atoms with Crippen LogP contribution in [0, 0.1) is 12.7 Å². The molecule has 5 heteroatoms. The predicted molar refractivity (Wildman–Crippen MR) is 58.7 cm³/mol. The third-order valence-electron chi connectivity index (χ3n) is 1.72. The molecule has 86 valence electrons. The highest BCUT2D eigenvalue weighted by atomic mass is 32.2. The highest BCUT2D eigenvalue weighted by Crippen LogP contribution is 2.13. The van der Waals surface area contributed by atoms with Gasteiger partial charge < -0.3 is 0 Å². The zero-order chi connectivity index (χ0) is 12.1. The van der Waals surface area contributed by atoms with Crippen LogP contribution < -0.4 is 4.72 Å². The molecular formula is C10H16FNO2S. The van der Waals surface area contributed by atoms with Crippen molar-refractivity contribution in [3.8, 4) is 0 Å². The summed E-state index contributed by atoms with van der Waals surface area (Å²) in [6.45, 7) is 5.57. The summed E-state index contributed by atoms with van der Waals surface area (Å²) in [6.07, 6.45) is 0. The van der Waals surface area contributed by atoms with Crippen molar-refractivity contribution in [3.63, 3.8) is 0 Å². The summed E-state index contributed by atoms with van der Waals surface area (Å²) >= 11 is 0. The first kappa shape index (κ1) is 14.1. The molecule has 3 nitrogen and oxygen atoms in total. The molecule has 1 aromatic rings. The van der Waals surface area contributed by atoms with Gasteiger partial charge in [-0.15, -0.1) is 0 Å². The van der Waals surface area contributed by atoms with Crippen molar-refractivity contribution in [2.24, 2.45) is 0 Å². The Morgan fingerprint density at radius 3 is 2.20 bits per heavy atom. The SMILES string of the molecule is CC.CNS(=O)(=O)c1ccc(C)c(F)c1. The fourth-order valence-corrected chi connectivity index (χ4v) is 1.60. The van der Waals surface area contributed by atoms with Gasteiger partial charge in [-0.2, -0.15) is 0 Å². The summed E-state index contributed by atoms with van der Waals surface area (Å²) in [5.74, 6) is -0.517. The molecule has 0 amide bonds. The minimum Gasteiger partial charge on any atom is -0.214 e. The van der Waals surface area contributed by atoms with E-state index < -0.39 is 15.8 Å². The van der Waals surface area contributed by atoms with Crippen molar-refractivity contribution in [1.29, 1.82) is 0 Å². The Bertz CT molecular complexity index is 415. The lowest BCUT2D eigenvalue weighted by atomic mass is 10.2. The molecule has 0 radical (unpaired) electrons. The van der Waals surface area contributed by atoms with E-state index in [2.05, 4.69) is 4.72 Å². The number of rotatable bonds is 2. The van der Waals surface area contributed by atoms with Gasteiger partial charge >= 0.3 is 0 Å². The lowest BCUT2D eigenvalue weighted by molar-refractivity contribution is 0.582. The standard InChI is InChI=1S/C8H10FNO2S.C2H6/c1-6-3-4-7(5-8(6)9)13(11,12)10-2;1-2/h3-5,10H,1-2H3;1-2H3. The minimum atomic E-state index is -3.53. The number of aryl methyl sites for hydroxylation is 1. The van der Waals surface area contributed by atoms with E-state index >= 15 is 0 Å². The molecule has 0 saturated carbocycles. The molecule has 1 rings (SSSR count). The van der Waals surface area contributed by atoms with Crippen LogP contribution in [0.15, 0.2) is 23.1 Å². The molecule has 0 fully saturated rings. The second kappa shape index (κ2) is 5.82. The summed E-state index contributed by atoms with van der Waals surface area (Å²) in [5.41, 5.74) is 0.426. The molecule has 0 saturated heterocycles. The Kier molecular flexibility index (Phi) is 5.46. The average Bonchev–Trinajstić information content (AvgIpc) is 2.25. The van der Waals surface area contributed by atoms with Gasteiger partial charge in [0.25, 0.3) is 0 Å². The monoisotopic (exact) mass is 233 g/mol. The van der Waals surface area contributed by atoms with Crippen LogP contribution in [0.2, 0.25) is 0 Å². The lowest BCUT2D eigenvalue weighted by Crippen LogP contribution is -2.18. The molecule has 0 spiro atoms. The number of nitrogens with one attached hydrogen (secondary N) is 1. The van der Waals surface area contributed by atoms with Crippen LogP contribution in [-0.4, -0.2) is 15.5 Å². The van der Waals surface area contributed by atoms with Gasteiger partial charge in [0.2, 0.25) is 10.0 Å². The summed E-state index contributed by atoms with van der Waals surface area (Å²) in [7, 11) is -2.24. The Morgan fingerprint density at radius 1 is 1.27 bits per heavy atom. The summed E-state index contributed by atoms with van der Waals surface area (Å²) in [4.78, 5) is -0.0573. The van der Waals surface area contributed by atoms with Gasteiger partial charge in [0, 0.05) is 0 Å². The Morgan fingerprint density at radius 2 is 1.80 bits per heavy atom. The maximum Gasteiger partial charge on any atom is 0.240 e. The van der Waals surface area contributed by atoms with E-state index in [-0.39, 0.29) is 4.90 Å². The average molecular weight is 233 g/mol. The molecule has 0 aliphatic rings. The van der Waals surface area contributed by atoms with Crippen molar-refractivity contribution in [2.75, 3.05) is 7.05 Å². The first-order valence-electron chi connectivity index (χ1n) is 4.67. The molecule has 15 heavy (non-hydrogen) atoms. The van der Waals surface area contributed by atoms with Gasteiger partial charge in [0.1, 0.15) is 5.82 Å². The number of hydrogen-bond donors (Lipinski definition) is 1. The molecule has 0 unspecified atom stereocenters. The Hall–Kier alpha value is -0.940. The fraction of sp³-hybridized carbons (Fsp3) is 0.400. The smallest absolute Gasteiger partial charge is 0.214 e. The zero-order valence-electron chi connectivity index (χ0n) is 9.33. The Balaban J connectivity index is 0.000000921. The van der Waals surface area contributed by atoms with Crippen molar-refractivity contribution < 1.29 is 12.8 Å². The lowest BCUT2D eigenvalue weighted by Gasteiger charge is -2.03. The topological polar surface area (TPSA) is 46.2 Å². The summed E-state index contributed by atoms with van der Waals surface area (Å²) in [6, 6.07) is 3.80. The fourth-order valence-electron chi connectivity index (χ4n) is 0.859. The predicted octanol–water partition coefficient (Wildman–Crippen LogP) is 2.07. The molecule has 1 aromatic carbocycles. The molecule has 0 aliphatic heterocycles. The van der Waals surface area contributed by atoms with Crippen LogP contribution in [0.3, 0.4) is 0 Å². The van der Waals surface area contributed by atoms with Gasteiger partial charge in [-0.3, -0.25) is 0 Å². The number of halogens is 1. The van der Waals surface area contributed by atoms with Gasteiger partial charge in [-0.1, -0.05) is 19.9 Å². The van der Waals surface area contributed by atoms with Crippen LogP contribution in [0.5, 0.6) is 0 Å². The molecule has 0 bridgehead atoms. The van der Waals surface area contributed by atoms with Crippen LogP contribution in [0.25, 0.3) is 0 Å². The van der Waals surface area contributed by atoms with Gasteiger partial charge in [-0.05, 0) is 31.7 Å². The third-order valence-corrected chi connectivity index (χ3v) is 3.13. The van der Waals surface area contributed by atoms with E-state index in [0.717, 1.165) is 6.07 Å². The van der Waals surface area contributed by atoms with E-state index in [0.29, 0.717) is 5.56 Å². The number of benzene rings is 1. The van der Waals surface area contributed by atoms with Crippen molar-refractivity contribution >= 4 is 10.0 Å². The van der Waals surface area contributed by atoms with Crippen LogP contribution >= 0.6 is 0 Å². The molecule has 0 aromatic heterocycles. The van der Waals surface area contributed by atoms with Gasteiger partial charge in [-0.25, -0.2) is 17.5 Å². The van der Waals surface area contributed by atoms with Crippen molar-refractivity contribution in [3.05, 3.63) is 29.6 Å². The molecular weight excluding hydrogens is 217 g/mol. The van der Waals surface area contributed by atoms with Crippen LogP contribution in [-0.2, 0) is 10.0 Å². The molecule has 1 N–H and O–H groups in total. The zero-order valence-corrected chi connectivity index (χ0v) is 10.2. The van der Waals surface area contributed by atoms with E-state index in [4.69, 9.17) is 0 Å². The molecule has 0 atom stereocenters. The van der Waals surface area contributed by atoms with Crippen LogP contribution in [0.4, 0.5) is 4.39 Å². The minimum absolute atomic E-state index is 0.0573. The van der Waals surface area contributed by atoms with Gasteiger partial charge in [0.15, 0.2) is 0 Å². The normalized spacial score (nSPS) is 10.5. The molecule has 0 heterocycles. The third kappa shape index (κ3) is 3.60. The van der Waals surface area contributed by atoms with E-state index in [1.807, 2.05) is 13.8 Å². The summed E-state index contributed by atoms with van der Waals surface area (Å²) < 4.78 is 37.4. The van der Waals surface area contributed by atoms with E-state index in [1.165, 1.54) is 19.2 Å². The quantitative estimate of drug-likeness (QED) is 0.850. The number of hydrogen-bond acceptors (Lipinski definition) is 2. The van der Waals surface area contributed by atoms with E-state index in [1.54, 1.807) is 6.92 Å². The molecule has 0 aliphatic carbocycles. The first-order chi connectivity index (χ1) is 6.97. The van der Waals surface area contributed by atoms with E-state index in [9.17, 15) is 12.8 Å². The van der Waals surface area contributed by atoms with Gasteiger partial charge in [0.05, 0.1) is 4.90 Å². The second-order valence-electron chi connectivity index (χ2n) is 2.62. The highest BCUT2D eigenvalue weighted by molar-refractivity contribution is 7.89. The second-order valence-corrected chi connectivity index (χ2v) is 4.51. The summed E-state index contributed by atoms with van der Waals surface area (Å²) in [5, 5.41) is 0. The number of sulfonamides is 1. The largest absolute Gasteiger partial charge is 0.240 e. The van der Waals surface area contributed by atoms with Crippen molar-refractivity contribution in [2.45, 2.75) is 25.7 Å². The highest BCUT2D eigenvalue weighted by Gasteiger charge is 2.12. The first-order valence-corrected chi connectivity index (χ1v) is 6.15. The maximum atomic E-state index is 13.0. The maximum absolute atomic E-state index is 13.0.